The lowest BCUT2D eigenvalue weighted by Gasteiger charge is -2.33. The monoisotopic (exact) mass is 542 g/mol. The molecule has 4 N–H and O–H groups in total. The van der Waals surface area contributed by atoms with E-state index in [1.807, 2.05) is 13.8 Å². The van der Waals surface area contributed by atoms with E-state index in [-0.39, 0.29) is 24.5 Å². The van der Waals surface area contributed by atoms with Gasteiger partial charge in [-0.15, -0.1) is 0 Å². The van der Waals surface area contributed by atoms with Crippen molar-refractivity contribution < 1.29 is 38.9 Å². The number of carbonyl (C=O) groups excluding carboxylic acids is 4. The van der Waals surface area contributed by atoms with Crippen molar-refractivity contribution in [2.45, 2.75) is 70.9 Å². The maximum Gasteiger partial charge on any atom is 0.347 e. The molecule has 1 aliphatic heterocycles. The smallest absolute Gasteiger partial charge is 0.347 e. The number of nitrogens with one attached hydrogen (secondary N) is 2. The predicted octanol–water partition coefficient (Wildman–Crippen LogP) is 0.908. The van der Waals surface area contributed by atoms with Gasteiger partial charge in [0.25, 0.3) is 5.91 Å². The van der Waals surface area contributed by atoms with Crippen LogP contribution in [0, 0.1) is 11.8 Å². The summed E-state index contributed by atoms with van der Waals surface area (Å²) in [4.78, 5) is 60.3. The Morgan fingerprint density at radius 2 is 1.82 bits per heavy atom. The molecule has 12 heteroatoms. The van der Waals surface area contributed by atoms with Crippen molar-refractivity contribution in [2.75, 3.05) is 0 Å². The van der Waals surface area contributed by atoms with E-state index in [4.69, 9.17) is 9.47 Å². The highest BCUT2D eigenvalue weighted by Gasteiger charge is 2.40. The first-order valence-electron chi connectivity index (χ1n) is 12.7. The molecule has 0 aromatic carbocycles. The third-order valence-electron chi connectivity index (χ3n) is 6.35. The molecule has 6 atom stereocenters. The van der Waals surface area contributed by atoms with Gasteiger partial charge in [0.15, 0.2) is 11.8 Å². The fourth-order valence-electron chi connectivity index (χ4n) is 4.16. The molecular formula is C27H34N4O8. The predicted molar refractivity (Wildman–Crippen MR) is 137 cm³/mol. The molecule has 0 spiro atoms. The molecule has 1 fully saturated rings. The summed E-state index contributed by atoms with van der Waals surface area (Å²) in [5.41, 5.74) is 0.341. The Balaban J connectivity index is 1.99. The Kier molecular flexibility index (Phi) is 9.94. The van der Waals surface area contributed by atoms with E-state index in [9.17, 15) is 29.4 Å². The second-order valence-corrected chi connectivity index (χ2v) is 9.98. The zero-order valence-corrected chi connectivity index (χ0v) is 22.2. The molecule has 210 valence electrons. The highest BCUT2D eigenvalue weighted by atomic mass is 16.6. The molecule has 0 bridgehead atoms. The summed E-state index contributed by atoms with van der Waals surface area (Å²) in [7, 11) is 0. The zero-order valence-electron chi connectivity index (χ0n) is 22.2. The number of pyridine rings is 2. The number of hydrogen-bond acceptors (Lipinski definition) is 10. The molecule has 0 saturated carbocycles. The number of aromatic hydroxyl groups is 1. The van der Waals surface area contributed by atoms with E-state index in [1.165, 1.54) is 32.2 Å². The number of aromatic nitrogens is 2. The minimum Gasteiger partial charge on any atom is -0.505 e. The Morgan fingerprint density at radius 3 is 2.46 bits per heavy atom. The second kappa shape index (κ2) is 13.1. The number of amides is 2. The van der Waals surface area contributed by atoms with Crippen molar-refractivity contribution in [2.24, 2.45) is 11.8 Å². The lowest BCUT2D eigenvalue weighted by molar-refractivity contribution is -0.178. The van der Waals surface area contributed by atoms with Gasteiger partial charge in [-0.3, -0.25) is 19.4 Å². The summed E-state index contributed by atoms with van der Waals surface area (Å²) in [6.45, 7) is 6.50. The Morgan fingerprint density at radius 1 is 1.10 bits per heavy atom. The van der Waals surface area contributed by atoms with Gasteiger partial charge in [0.05, 0.1) is 18.1 Å². The van der Waals surface area contributed by atoms with Crippen LogP contribution in [0.4, 0.5) is 0 Å². The first-order valence-corrected chi connectivity index (χ1v) is 12.7. The van der Waals surface area contributed by atoms with E-state index >= 15 is 0 Å². The molecule has 3 heterocycles. The van der Waals surface area contributed by atoms with E-state index in [0.717, 1.165) is 0 Å². The number of aliphatic hydroxyl groups is 1. The highest BCUT2D eigenvalue weighted by molar-refractivity contribution is 5.98. The van der Waals surface area contributed by atoms with Crippen LogP contribution in [0.15, 0.2) is 42.9 Å². The maximum atomic E-state index is 13.5. The number of aliphatic hydroxyl groups excluding tert-OH is 1. The molecular weight excluding hydrogens is 508 g/mol. The largest absolute Gasteiger partial charge is 0.505 e. The molecule has 2 aromatic heterocycles. The molecule has 12 nitrogen and oxygen atoms in total. The van der Waals surface area contributed by atoms with Crippen LogP contribution in [0.25, 0.3) is 0 Å². The van der Waals surface area contributed by atoms with Crippen LogP contribution >= 0.6 is 0 Å². The average molecular weight is 543 g/mol. The van der Waals surface area contributed by atoms with Crippen LogP contribution in [0.2, 0.25) is 0 Å². The first-order chi connectivity index (χ1) is 18.5. The molecule has 39 heavy (non-hydrogen) atoms. The fourth-order valence-corrected chi connectivity index (χ4v) is 4.16. The summed E-state index contributed by atoms with van der Waals surface area (Å²) in [6.07, 6.45) is 0.745. The lowest BCUT2D eigenvalue weighted by atomic mass is 9.92. The maximum absolute atomic E-state index is 13.5. The van der Waals surface area contributed by atoms with Crippen LogP contribution in [0.1, 0.15) is 50.2 Å². The van der Waals surface area contributed by atoms with Crippen molar-refractivity contribution >= 4 is 23.8 Å². The van der Waals surface area contributed by atoms with Crippen LogP contribution in [-0.4, -0.2) is 74.3 Å². The summed E-state index contributed by atoms with van der Waals surface area (Å²) in [6, 6.07) is 3.68. The van der Waals surface area contributed by atoms with Gasteiger partial charge in [-0.25, -0.2) is 9.78 Å². The average Bonchev–Trinajstić information content (AvgIpc) is 2.89. The first kappa shape index (κ1) is 29.5. The van der Waals surface area contributed by atoms with E-state index in [2.05, 4.69) is 20.6 Å². The number of ether oxygens (including phenoxy) is 2. The number of nitrogens with zero attached hydrogens (tertiary/aromatic N) is 2. The van der Waals surface area contributed by atoms with Crippen LogP contribution in [0.5, 0.6) is 5.75 Å². The minimum atomic E-state index is -1.45. The SMILES string of the molecule is CC(C)CC1OC(=O)C(C)C(O)C(Cc2cccnc2)NC(=O)C(NC(=O)c2ncccc2O)C(C)OC1=O. The number of esters is 2. The summed E-state index contributed by atoms with van der Waals surface area (Å²) in [5.74, 6) is -4.96. The van der Waals surface area contributed by atoms with Crippen molar-refractivity contribution in [3.8, 4) is 5.75 Å². The quantitative estimate of drug-likeness (QED) is 0.384. The van der Waals surface area contributed by atoms with Crippen LogP contribution in [-0.2, 0) is 30.3 Å². The van der Waals surface area contributed by atoms with Crippen LogP contribution < -0.4 is 10.6 Å². The zero-order chi connectivity index (χ0) is 28.7. The summed E-state index contributed by atoms with van der Waals surface area (Å²) < 4.78 is 11.0. The van der Waals surface area contributed by atoms with Gasteiger partial charge >= 0.3 is 11.9 Å². The number of rotatable bonds is 6. The number of cyclic esters (lactones) is 2. The molecule has 1 aliphatic rings. The third kappa shape index (κ3) is 7.73. The van der Waals surface area contributed by atoms with Crippen molar-refractivity contribution in [1.82, 2.24) is 20.6 Å². The fraction of sp³-hybridized carbons (Fsp3) is 0.481. The minimum absolute atomic E-state index is 0.0527. The van der Waals surface area contributed by atoms with Gasteiger partial charge in [0.2, 0.25) is 5.91 Å². The van der Waals surface area contributed by atoms with Gasteiger partial charge in [-0.1, -0.05) is 19.9 Å². The van der Waals surface area contributed by atoms with Crippen LogP contribution in [0.3, 0.4) is 0 Å². The van der Waals surface area contributed by atoms with E-state index in [0.29, 0.717) is 5.56 Å². The standard InChI is InChI=1S/C27H34N4O8/c1-14(2)11-20-27(37)38-16(4)21(31-25(35)22-19(32)8-6-10-29-22)24(34)30-18(12-17-7-5-9-28-13-17)23(33)15(3)26(36)39-20/h5-10,13-16,18,20-21,23,32-33H,11-12H2,1-4H3,(H,30,34)(H,31,35). The molecule has 1 saturated heterocycles. The Bertz CT molecular complexity index is 1180. The Hall–Kier alpha value is -4.06. The molecule has 0 aliphatic carbocycles. The normalized spacial score (nSPS) is 26.5. The second-order valence-electron chi connectivity index (χ2n) is 9.98. The lowest BCUT2D eigenvalue weighted by Crippen LogP contribution is -2.59. The summed E-state index contributed by atoms with van der Waals surface area (Å²) >= 11 is 0. The molecule has 3 rings (SSSR count). The molecule has 2 aromatic rings. The van der Waals surface area contributed by atoms with Gasteiger partial charge in [-0.2, -0.15) is 0 Å². The van der Waals surface area contributed by atoms with Gasteiger partial charge in [0, 0.05) is 18.6 Å². The molecule has 2 amide bonds. The van der Waals surface area contributed by atoms with Crippen molar-refractivity contribution in [1.29, 1.82) is 0 Å². The van der Waals surface area contributed by atoms with E-state index < -0.39 is 65.8 Å². The van der Waals surface area contributed by atoms with Gasteiger partial charge < -0.3 is 30.3 Å². The topological polar surface area (TPSA) is 177 Å². The summed E-state index contributed by atoms with van der Waals surface area (Å²) in [5, 5.41) is 26.4. The van der Waals surface area contributed by atoms with Gasteiger partial charge in [-0.05, 0) is 56.4 Å². The van der Waals surface area contributed by atoms with E-state index in [1.54, 1.807) is 24.5 Å². The highest BCUT2D eigenvalue weighted by Crippen LogP contribution is 2.20. The third-order valence-corrected chi connectivity index (χ3v) is 6.35. The molecule has 6 unspecified atom stereocenters. The number of carbonyl (C=O) groups is 4. The van der Waals surface area contributed by atoms with Crippen molar-refractivity contribution in [3.63, 3.8) is 0 Å². The Labute approximate surface area is 226 Å². The molecule has 0 radical (unpaired) electrons. The van der Waals surface area contributed by atoms with Crippen molar-refractivity contribution in [3.05, 3.63) is 54.1 Å². The number of hydrogen-bond donors (Lipinski definition) is 4. The van der Waals surface area contributed by atoms with Gasteiger partial charge in [0.1, 0.15) is 17.9 Å².